The Hall–Kier alpha value is -3.34. The van der Waals surface area contributed by atoms with Gasteiger partial charge < -0.3 is 19.1 Å². The van der Waals surface area contributed by atoms with Crippen molar-refractivity contribution in [1.82, 2.24) is 9.80 Å². The van der Waals surface area contributed by atoms with Crippen molar-refractivity contribution in [3.63, 3.8) is 0 Å². The van der Waals surface area contributed by atoms with E-state index in [4.69, 9.17) is 14.2 Å². The van der Waals surface area contributed by atoms with Gasteiger partial charge >= 0.3 is 0 Å². The number of ether oxygens (including phenoxy) is 3. The van der Waals surface area contributed by atoms with Gasteiger partial charge in [0, 0.05) is 13.1 Å². The van der Waals surface area contributed by atoms with Gasteiger partial charge in [0.05, 0.1) is 29.2 Å². The van der Waals surface area contributed by atoms with Gasteiger partial charge in [-0.3, -0.25) is 19.3 Å². The minimum atomic E-state index is -0.489. The Bertz CT molecular complexity index is 1450. The van der Waals surface area contributed by atoms with Gasteiger partial charge in [-0.05, 0) is 74.7 Å². The fourth-order valence-electron chi connectivity index (χ4n) is 4.48. The summed E-state index contributed by atoms with van der Waals surface area (Å²) < 4.78 is 18.0. The van der Waals surface area contributed by atoms with E-state index in [9.17, 15) is 14.4 Å². The molecule has 2 aliphatic rings. The molecule has 0 N–H and O–H groups in total. The Morgan fingerprint density at radius 1 is 1.08 bits per heavy atom. The van der Waals surface area contributed by atoms with Gasteiger partial charge in [-0.2, -0.15) is 0 Å². The monoisotopic (exact) mass is 610 g/mol. The van der Waals surface area contributed by atoms with Crippen molar-refractivity contribution in [2.45, 2.75) is 13.5 Å². The van der Waals surface area contributed by atoms with E-state index in [1.807, 2.05) is 37.3 Å². The maximum absolute atomic E-state index is 13.0. The standard InChI is InChI=1S/C29H27BrN2O6S/c1-2-37-24-15-19(14-23(30)27(24)38-18-21-8-5-7-20-6-3-4-9-22(20)21)16-25-28(34)32(29(35)39-25)17-26(33)31-10-12-36-13-11-31/h3-9,14-16H,2,10-13,17-18H2,1H3/b25-16-. The van der Waals surface area contributed by atoms with Crippen molar-refractivity contribution >= 4 is 61.6 Å². The van der Waals surface area contributed by atoms with Crippen LogP contribution in [-0.4, -0.2) is 66.3 Å². The van der Waals surface area contributed by atoms with Crippen LogP contribution in [0.4, 0.5) is 4.79 Å². The zero-order valence-electron chi connectivity index (χ0n) is 21.4. The predicted octanol–water partition coefficient (Wildman–Crippen LogP) is 5.48. The highest BCUT2D eigenvalue weighted by atomic mass is 79.9. The van der Waals surface area contributed by atoms with Gasteiger partial charge in [0.2, 0.25) is 5.91 Å². The quantitative estimate of drug-likeness (QED) is 0.312. The van der Waals surface area contributed by atoms with E-state index in [-0.39, 0.29) is 17.4 Å². The average molecular weight is 612 g/mol. The lowest BCUT2D eigenvalue weighted by atomic mass is 10.1. The molecule has 0 aromatic heterocycles. The van der Waals surface area contributed by atoms with E-state index in [2.05, 4.69) is 34.1 Å². The second-order valence-corrected chi connectivity index (χ2v) is 10.8. The number of thioether (sulfide) groups is 1. The molecule has 0 aliphatic carbocycles. The predicted molar refractivity (Wildman–Crippen MR) is 154 cm³/mol. The lowest BCUT2D eigenvalue weighted by molar-refractivity contribution is -0.139. The minimum absolute atomic E-state index is 0.244. The SMILES string of the molecule is CCOc1cc(/C=C2\SC(=O)N(CC(=O)N3CCOCC3)C2=O)cc(Br)c1OCc1cccc2ccccc12. The molecule has 0 unspecified atom stereocenters. The first-order valence-corrected chi connectivity index (χ1v) is 14.2. The van der Waals surface area contributed by atoms with Crippen molar-refractivity contribution < 1.29 is 28.6 Å². The minimum Gasteiger partial charge on any atom is -0.490 e. The molecule has 3 amide bonds. The van der Waals surface area contributed by atoms with Gasteiger partial charge in [-0.1, -0.05) is 42.5 Å². The highest BCUT2D eigenvalue weighted by Crippen LogP contribution is 2.40. The van der Waals surface area contributed by atoms with Crippen molar-refractivity contribution in [2.75, 3.05) is 39.5 Å². The van der Waals surface area contributed by atoms with Gasteiger partial charge in [-0.15, -0.1) is 0 Å². The lowest BCUT2D eigenvalue weighted by Crippen LogP contribution is -2.46. The third-order valence-electron chi connectivity index (χ3n) is 6.41. The summed E-state index contributed by atoms with van der Waals surface area (Å²) in [5, 5.41) is 1.79. The third-order valence-corrected chi connectivity index (χ3v) is 7.91. The van der Waals surface area contributed by atoms with Crippen molar-refractivity contribution in [3.05, 3.63) is 75.1 Å². The van der Waals surface area contributed by atoms with E-state index < -0.39 is 11.1 Å². The number of hydrogen-bond acceptors (Lipinski definition) is 7. The fourth-order valence-corrected chi connectivity index (χ4v) is 5.89. The molecule has 2 heterocycles. The summed E-state index contributed by atoms with van der Waals surface area (Å²) in [6, 6.07) is 17.8. The van der Waals surface area contributed by atoms with E-state index in [0.717, 1.165) is 33.0 Å². The molecule has 0 saturated carbocycles. The molecule has 8 nitrogen and oxygen atoms in total. The van der Waals surface area contributed by atoms with Crippen LogP contribution in [0.1, 0.15) is 18.1 Å². The maximum atomic E-state index is 13.0. The van der Waals surface area contributed by atoms with Crippen LogP contribution >= 0.6 is 27.7 Å². The molecule has 3 aromatic rings. The summed E-state index contributed by atoms with van der Waals surface area (Å²) in [4.78, 5) is 41.1. The highest BCUT2D eigenvalue weighted by Gasteiger charge is 2.37. The van der Waals surface area contributed by atoms with Crippen LogP contribution in [-0.2, 0) is 20.9 Å². The number of nitrogens with zero attached hydrogens (tertiary/aromatic N) is 2. The van der Waals surface area contributed by atoms with Crippen molar-refractivity contribution in [2.24, 2.45) is 0 Å². The number of benzene rings is 3. The molecular weight excluding hydrogens is 584 g/mol. The number of fused-ring (bicyclic) bond motifs is 1. The van der Waals surface area contributed by atoms with Crippen LogP contribution in [0.5, 0.6) is 11.5 Å². The second-order valence-electron chi connectivity index (χ2n) is 8.95. The summed E-state index contributed by atoms with van der Waals surface area (Å²) >= 11 is 4.41. The second kappa shape index (κ2) is 12.2. The first-order valence-electron chi connectivity index (χ1n) is 12.6. The smallest absolute Gasteiger partial charge is 0.294 e. The van der Waals surface area contributed by atoms with Gasteiger partial charge in [-0.25, -0.2) is 0 Å². The number of imide groups is 1. The largest absolute Gasteiger partial charge is 0.490 e. The number of morpholine rings is 1. The molecule has 2 fully saturated rings. The molecule has 3 aromatic carbocycles. The van der Waals surface area contributed by atoms with Crippen LogP contribution < -0.4 is 9.47 Å². The number of halogens is 1. The van der Waals surface area contributed by atoms with Crippen LogP contribution in [0.25, 0.3) is 16.8 Å². The number of carbonyl (C=O) groups excluding carboxylic acids is 3. The Morgan fingerprint density at radius 2 is 1.85 bits per heavy atom. The normalized spacial score (nSPS) is 16.8. The van der Waals surface area contributed by atoms with Crippen LogP contribution in [0.2, 0.25) is 0 Å². The third kappa shape index (κ3) is 6.13. The van der Waals surface area contributed by atoms with E-state index >= 15 is 0 Å². The topological polar surface area (TPSA) is 85.4 Å². The Morgan fingerprint density at radius 3 is 2.64 bits per heavy atom. The van der Waals surface area contributed by atoms with E-state index in [1.54, 1.807) is 17.0 Å². The number of carbonyl (C=O) groups is 3. The molecule has 39 heavy (non-hydrogen) atoms. The van der Waals surface area contributed by atoms with Crippen molar-refractivity contribution in [3.8, 4) is 11.5 Å². The summed E-state index contributed by atoms with van der Waals surface area (Å²) in [6.07, 6.45) is 1.63. The molecule has 0 atom stereocenters. The Labute approximate surface area is 239 Å². The van der Waals surface area contributed by atoms with E-state index in [1.165, 1.54) is 0 Å². The highest BCUT2D eigenvalue weighted by molar-refractivity contribution is 9.10. The first kappa shape index (κ1) is 27.2. The molecule has 0 bridgehead atoms. The Balaban J connectivity index is 1.34. The fraction of sp³-hybridized carbons (Fsp3) is 0.276. The molecule has 0 spiro atoms. The molecule has 2 saturated heterocycles. The van der Waals surface area contributed by atoms with Gasteiger partial charge in [0.25, 0.3) is 11.1 Å². The molecule has 202 valence electrons. The molecule has 5 rings (SSSR count). The van der Waals surface area contributed by atoms with Crippen LogP contribution in [0.3, 0.4) is 0 Å². The van der Waals surface area contributed by atoms with Crippen LogP contribution in [0, 0.1) is 0 Å². The maximum Gasteiger partial charge on any atom is 0.294 e. The van der Waals surface area contributed by atoms with Gasteiger partial charge in [0.15, 0.2) is 11.5 Å². The number of rotatable bonds is 8. The van der Waals surface area contributed by atoms with E-state index in [0.29, 0.717) is 61.1 Å². The molecule has 2 aliphatic heterocycles. The van der Waals surface area contributed by atoms with Crippen LogP contribution in [0.15, 0.2) is 64.0 Å². The first-order chi connectivity index (χ1) is 18.9. The Kier molecular flexibility index (Phi) is 8.54. The number of hydrogen-bond donors (Lipinski definition) is 0. The molecule has 10 heteroatoms. The van der Waals surface area contributed by atoms with Crippen molar-refractivity contribution in [1.29, 1.82) is 0 Å². The molecular formula is C29H27BrN2O6S. The zero-order chi connectivity index (χ0) is 27.4. The molecule has 0 radical (unpaired) electrons. The summed E-state index contributed by atoms with van der Waals surface area (Å²) in [5.41, 5.74) is 1.71. The summed E-state index contributed by atoms with van der Waals surface area (Å²) in [7, 11) is 0. The summed E-state index contributed by atoms with van der Waals surface area (Å²) in [6.45, 7) is 4.17. The zero-order valence-corrected chi connectivity index (χ0v) is 23.8. The average Bonchev–Trinajstić information content (AvgIpc) is 3.20. The number of amides is 3. The lowest BCUT2D eigenvalue weighted by Gasteiger charge is -2.28. The van der Waals surface area contributed by atoms with Gasteiger partial charge in [0.1, 0.15) is 13.2 Å². The summed E-state index contributed by atoms with van der Waals surface area (Å²) in [5.74, 6) is 0.305.